The molecule has 1 atom stereocenters. The van der Waals surface area contributed by atoms with Crippen molar-refractivity contribution in [1.82, 2.24) is 9.78 Å². The second-order valence-electron chi connectivity index (χ2n) is 5.30. The van der Waals surface area contributed by atoms with Gasteiger partial charge in [0, 0.05) is 18.7 Å². The molecule has 6 heteroatoms. The predicted octanol–water partition coefficient (Wildman–Crippen LogP) is 2.39. The number of anilines is 1. The Kier molecular flexibility index (Phi) is 6.43. The number of aromatic nitrogens is 2. The lowest BCUT2D eigenvalue weighted by molar-refractivity contribution is 0.184. The highest BCUT2D eigenvalue weighted by atomic mass is 16.5. The smallest absolute Gasteiger partial charge is 0.125 e. The molecule has 1 aromatic carbocycles. The maximum absolute atomic E-state index is 9.27. The molecule has 0 radical (unpaired) electrons. The van der Waals surface area contributed by atoms with Crippen LogP contribution in [0.2, 0.25) is 0 Å². The van der Waals surface area contributed by atoms with Crippen LogP contribution < -0.4 is 10.1 Å². The third-order valence-corrected chi connectivity index (χ3v) is 3.67. The molecule has 6 nitrogen and oxygen atoms in total. The molecule has 0 fully saturated rings. The number of ether oxygens (including phenoxy) is 2. The maximum atomic E-state index is 9.27. The van der Waals surface area contributed by atoms with Crippen LogP contribution in [-0.4, -0.2) is 48.4 Å². The van der Waals surface area contributed by atoms with E-state index in [1.54, 1.807) is 18.9 Å². The van der Waals surface area contributed by atoms with Gasteiger partial charge in [0.2, 0.25) is 0 Å². The SMILES string of the molecule is CCC(COC)Nc1cc(-c2cccc(OC)c2)nn1CCO. The molecule has 0 aliphatic carbocycles. The highest BCUT2D eigenvalue weighted by molar-refractivity contribution is 5.64. The van der Waals surface area contributed by atoms with E-state index >= 15 is 0 Å². The molecule has 0 saturated carbocycles. The van der Waals surface area contributed by atoms with Crippen molar-refractivity contribution in [2.24, 2.45) is 0 Å². The minimum atomic E-state index is 0.0367. The summed E-state index contributed by atoms with van der Waals surface area (Å²) >= 11 is 0. The van der Waals surface area contributed by atoms with Gasteiger partial charge < -0.3 is 19.9 Å². The molecule has 1 unspecified atom stereocenters. The molecule has 2 N–H and O–H groups in total. The van der Waals surface area contributed by atoms with Gasteiger partial charge in [-0.3, -0.25) is 0 Å². The molecule has 0 bridgehead atoms. The Hall–Kier alpha value is -2.05. The first-order valence-electron chi connectivity index (χ1n) is 7.80. The third kappa shape index (κ3) is 4.46. The molecule has 0 aliphatic rings. The maximum Gasteiger partial charge on any atom is 0.125 e. The fourth-order valence-corrected chi connectivity index (χ4v) is 2.39. The molecule has 0 spiro atoms. The van der Waals surface area contributed by atoms with Gasteiger partial charge in [-0.15, -0.1) is 0 Å². The van der Waals surface area contributed by atoms with Crippen LogP contribution in [0.25, 0.3) is 11.3 Å². The van der Waals surface area contributed by atoms with Crippen molar-refractivity contribution < 1.29 is 14.6 Å². The third-order valence-electron chi connectivity index (χ3n) is 3.67. The number of nitrogens with zero attached hydrogens (tertiary/aromatic N) is 2. The van der Waals surface area contributed by atoms with E-state index in [2.05, 4.69) is 17.3 Å². The van der Waals surface area contributed by atoms with Crippen molar-refractivity contribution in [2.45, 2.75) is 25.9 Å². The minimum absolute atomic E-state index is 0.0367. The number of aliphatic hydroxyl groups is 1. The second-order valence-corrected chi connectivity index (χ2v) is 5.30. The van der Waals surface area contributed by atoms with Gasteiger partial charge >= 0.3 is 0 Å². The second kappa shape index (κ2) is 8.55. The molecule has 0 amide bonds. The molecule has 2 aromatic rings. The lowest BCUT2D eigenvalue weighted by atomic mass is 10.1. The van der Waals surface area contributed by atoms with Crippen LogP contribution in [0.3, 0.4) is 0 Å². The number of hydrogen-bond acceptors (Lipinski definition) is 5. The van der Waals surface area contributed by atoms with E-state index in [0.717, 1.165) is 29.2 Å². The highest BCUT2D eigenvalue weighted by Gasteiger charge is 2.13. The standard InChI is InChI=1S/C17H25N3O3/c1-4-14(12-22-2)18-17-11-16(19-20(17)8-9-21)13-6-5-7-15(10-13)23-3/h5-7,10-11,14,18,21H,4,8-9,12H2,1-3H3. The van der Waals surface area contributed by atoms with E-state index in [-0.39, 0.29) is 12.6 Å². The molecule has 23 heavy (non-hydrogen) atoms. The average Bonchev–Trinajstić information content (AvgIpc) is 2.97. The summed E-state index contributed by atoms with van der Waals surface area (Å²) in [5.74, 6) is 1.67. The minimum Gasteiger partial charge on any atom is -0.497 e. The van der Waals surface area contributed by atoms with E-state index in [9.17, 15) is 5.11 Å². The molecular weight excluding hydrogens is 294 g/mol. The molecule has 2 rings (SSSR count). The largest absolute Gasteiger partial charge is 0.497 e. The van der Waals surface area contributed by atoms with Gasteiger partial charge in [-0.25, -0.2) is 4.68 Å². The Balaban J connectivity index is 2.29. The van der Waals surface area contributed by atoms with E-state index in [0.29, 0.717) is 13.2 Å². The topological polar surface area (TPSA) is 68.5 Å². The Labute approximate surface area is 137 Å². The molecule has 1 aromatic heterocycles. The normalized spacial score (nSPS) is 12.2. The number of methoxy groups -OCH3 is 2. The van der Waals surface area contributed by atoms with Gasteiger partial charge in [-0.05, 0) is 18.6 Å². The fraction of sp³-hybridized carbons (Fsp3) is 0.471. The van der Waals surface area contributed by atoms with E-state index in [4.69, 9.17) is 9.47 Å². The Bertz CT molecular complexity index is 613. The van der Waals surface area contributed by atoms with Crippen LogP contribution in [0.4, 0.5) is 5.82 Å². The zero-order chi connectivity index (χ0) is 16.7. The monoisotopic (exact) mass is 319 g/mol. The highest BCUT2D eigenvalue weighted by Crippen LogP contribution is 2.25. The summed E-state index contributed by atoms with van der Waals surface area (Å²) in [7, 11) is 3.34. The first kappa shape index (κ1) is 17.3. The lowest BCUT2D eigenvalue weighted by Gasteiger charge is -2.17. The molecule has 0 saturated heterocycles. The van der Waals surface area contributed by atoms with E-state index < -0.39 is 0 Å². The molecule has 1 heterocycles. The van der Waals surface area contributed by atoms with Crippen molar-refractivity contribution in [1.29, 1.82) is 0 Å². The molecule has 126 valence electrons. The Morgan fingerprint density at radius 3 is 2.78 bits per heavy atom. The quantitative estimate of drug-likeness (QED) is 0.743. The number of aliphatic hydroxyl groups excluding tert-OH is 1. The van der Waals surface area contributed by atoms with Crippen molar-refractivity contribution in [2.75, 3.05) is 32.8 Å². The zero-order valence-electron chi connectivity index (χ0n) is 14.0. The summed E-state index contributed by atoms with van der Waals surface area (Å²) < 4.78 is 12.3. The van der Waals surface area contributed by atoms with Gasteiger partial charge in [0.25, 0.3) is 0 Å². The van der Waals surface area contributed by atoms with Gasteiger partial charge in [-0.1, -0.05) is 19.1 Å². The van der Waals surface area contributed by atoms with Crippen LogP contribution in [0.1, 0.15) is 13.3 Å². The number of benzene rings is 1. The summed E-state index contributed by atoms with van der Waals surface area (Å²) in [6.07, 6.45) is 0.937. The first-order chi connectivity index (χ1) is 11.2. The van der Waals surface area contributed by atoms with Gasteiger partial charge in [0.05, 0.1) is 38.6 Å². The van der Waals surface area contributed by atoms with Crippen LogP contribution in [0.5, 0.6) is 5.75 Å². The Morgan fingerprint density at radius 2 is 2.13 bits per heavy atom. The van der Waals surface area contributed by atoms with Crippen molar-refractivity contribution >= 4 is 5.82 Å². The van der Waals surface area contributed by atoms with Crippen molar-refractivity contribution in [3.8, 4) is 17.0 Å². The molecular formula is C17H25N3O3. The van der Waals surface area contributed by atoms with Gasteiger partial charge in [-0.2, -0.15) is 5.10 Å². The lowest BCUT2D eigenvalue weighted by Crippen LogP contribution is -2.25. The van der Waals surface area contributed by atoms with Gasteiger partial charge in [0.15, 0.2) is 0 Å². The van der Waals surface area contributed by atoms with Crippen LogP contribution in [0.15, 0.2) is 30.3 Å². The molecule has 0 aliphatic heterocycles. The first-order valence-corrected chi connectivity index (χ1v) is 7.80. The zero-order valence-corrected chi connectivity index (χ0v) is 14.0. The summed E-state index contributed by atoms with van der Waals surface area (Å²) in [5, 5.41) is 17.3. The Morgan fingerprint density at radius 1 is 1.30 bits per heavy atom. The number of hydrogen-bond donors (Lipinski definition) is 2. The summed E-state index contributed by atoms with van der Waals surface area (Å²) in [4.78, 5) is 0. The van der Waals surface area contributed by atoms with Gasteiger partial charge in [0.1, 0.15) is 11.6 Å². The van der Waals surface area contributed by atoms with E-state index in [1.807, 2.05) is 30.3 Å². The summed E-state index contributed by atoms with van der Waals surface area (Å²) in [6.45, 7) is 3.20. The van der Waals surface area contributed by atoms with Crippen molar-refractivity contribution in [3.05, 3.63) is 30.3 Å². The predicted molar refractivity (Wildman–Crippen MR) is 90.9 cm³/mol. The van der Waals surface area contributed by atoms with E-state index in [1.165, 1.54) is 0 Å². The number of rotatable bonds is 9. The number of nitrogens with one attached hydrogen (secondary N) is 1. The average molecular weight is 319 g/mol. The van der Waals surface area contributed by atoms with Crippen LogP contribution in [-0.2, 0) is 11.3 Å². The van der Waals surface area contributed by atoms with Crippen molar-refractivity contribution in [3.63, 3.8) is 0 Å². The summed E-state index contributed by atoms with van der Waals surface area (Å²) in [6, 6.07) is 9.97. The summed E-state index contributed by atoms with van der Waals surface area (Å²) in [5.41, 5.74) is 1.82. The van der Waals surface area contributed by atoms with Crippen LogP contribution >= 0.6 is 0 Å². The fourth-order valence-electron chi connectivity index (χ4n) is 2.39. The van der Waals surface area contributed by atoms with Crippen LogP contribution in [0, 0.1) is 0 Å².